The topological polar surface area (TPSA) is 94.8 Å². The zero-order valence-corrected chi connectivity index (χ0v) is 18.4. The molecule has 2 atom stereocenters. The summed E-state index contributed by atoms with van der Waals surface area (Å²) in [5.74, 6) is -2.41. The highest BCUT2D eigenvalue weighted by atomic mass is 19.4. The van der Waals surface area contributed by atoms with E-state index in [0.29, 0.717) is 31.4 Å². The van der Waals surface area contributed by atoms with Gasteiger partial charge in [-0.25, -0.2) is 8.78 Å². The number of hydrogen-bond acceptors (Lipinski definition) is 6. The van der Waals surface area contributed by atoms with Gasteiger partial charge in [0.1, 0.15) is 12.4 Å². The number of ether oxygens (including phenoxy) is 3. The molecule has 1 saturated carbocycles. The van der Waals surface area contributed by atoms with Crippen LogP contribution >= 0.6 is 0 Å². The van der Waals surface area contributed by atoms with Crippen LogP contribution < -0.4 is 14.8 Å². The summed E-state index contributed by atoms with van der Waals surface area (Å²) in [6, 6.07) is 1.58. The highest BCUT2D eigenvalue weighted by Crippen LogP contribution is 2.36. The number of alkyl halides is 3. The number of nitrogens with zero attached hydrogens (tertiary/aromatic N) is 2. The van der Waals surface area contributed by atoms with Crippen molar-refractivity contribution in [3.8, 4) is 11.5 Å². The number of halogens is 5. The van der Waals surface area contributed by atoms with Crippen molar-refractivity contribution in [2.24, 2.45) is 0 Å². The lowest BCUT2D eigenvalue weighted by Crippen LogP contribution is -2.46. The number of benzene rings is 1. The minimum absolute atomic E-state index is 0.0319. The number of aliphatic hydroxyl groups excluding tert-OH is 1. The molecule has 2 N–H and O–H groups in total. The Morgan fingerprint density at radius 2 is 1.89 bits per heavy atom. The number of carbonyl (C=O) groups is 1. The fourth-order valence-electron chi connectivity index (χ4n) is 4.29. The largest absolute Gasteiger partial charge is 0.522 e. The summed E-state index contributed by atoms with van der Waals surface area (Å²) in [6.45, 7) is -0.896. The summed E-state index contributed by atoms with van der Waals surface area (Å²) in [4.78, 5) is 12.7. The maximum Gasteiger partial charge on any atom is 0.522 e. The van der Waals surface area contributed by atoms with Crippen LogP contribution in [0.4, 0.5) is 22.0 Å². The average Bonchev–Trinajstić information content (AvgIpc) is 3.27. The van der Waals surface area contributed by atoms with E-state index < -0.39 is 42.7 Å². The number of aromatic nitrogens is 2. The molecule has 0 saturated heterocycles. The molecule has 1 aliphatic heterocycles. The Kier molecular flexibility index (Phi) is 7.45. The molecule has 13 heteroatoms. The molecule has 0 bridgehead atoms. The smallest absolute Gasteiger partial charge is 0.488 e. The van der Waals surface area contributed by atoms with Crippen molar-refractivity contribution in [2.45, 2.75) is 62.8 Å². The third kappa shape index (κ3) is 6.40. The van der Waals surface area contributed by atoms with Crippen LogP contribution in [0.25, 0.3) is 0 Å². The number of aliphatic hydroxyl groups is 1. The second-order valence-corrected chi connectivity index (χ2v) is 8.47. The minimum Gasteiger partial charge on any atom is -0.488 e. The van der Waals surface area contributed by atoms with Crippen LogP contribution in [0.3, 0.4) is 0 Å². The van der Waals surface area contributed by atoms with Crippen molar-refractivity contribution in [1.82, 2.24) is 15.1 Å². The van der Waals surface area contributed by atoms with Crippen molar-refractivity contribution in [3.63, 3.8) is 0 Å². The van der Waals surface area contributed by atoms with E-state index in [2.05, 4.69) is 15.2 Å². The average molecular weight is 505 g/mol. The summed E-state index contributed by atoms with van der Waals surface area (Å²) in [6.07, 6.45) is -1.31. The molecule has 1 aromatic carbocycles. The summed E-state index contributed by atoms with van der Waals surface area (Å²) in [7, 11) is 0. The third-order valence-electron chi connectivity index (χ3n) is 6.02. The number of carbonyl (C=O) groups excluding carboxylic acids is 1. The van der Waals surface area contributed by atoms with Gasteiger partial charge in [0, 0.05) is 24.1 Å². The van der Waals surface area contributed by atoms with E-state index in [0.717, 1.165) is 12.1 Å². The third-order valence-corrected chi connectivity index (χ3v) is 6.02. The number of nitrogens with one attached hydrogen (secondary N) is 1. The van der Waals surface area contributed by atoms with Crippen LogP contribution in [-0.2, 0) is 9.53 Å². The summed E-state index contributed by atoms with van der Waals surface area (Å²) in [5.41, 5.74) is 0.101. The second kappa shape index (κ2) is 10.4. The molecule has 1 fully saturated rings. The van der Waals surface area contributed by atoms with Crippen molar-refractivity contribution in [2.75, 3.05) is 13.2 Å². The van der Waals surface area contributed by atoms with Crippen LogP contribution in [0.15, 0.2) is 24.5 Å². The molecular weight excluding hydrogens is 481 g/mol. The van der Waals surface area contributed by atoms with Crippen molar-refractivity contribution in [3.05, 3.63) is 41.7 Å². The Morgan fingerprint density at radius 3 is 2.60 bits per heavy atom. The molecule has 1 aliphatic carbocycles. The first kappa shape index (κ1) is 25.2. The lowest BCUT2D eigenvalue weighted by Gasteiger charge is -2.32. The van der Waals surface area contributed by atoms with Gasteiger partial charge in [0.15, 0.2) is 23.5 Å². The van der Waals surface area contributed by atoms with E-state index >= 15 is 0 Å². The Hall–Kier alpha value is -2.93. The fourth-order valence-corrected chi connectivity index (χ4v) is 4.29. The highest BCUT2D eigenvalue weighted by molar-refractivity contribution is 5.82. The van der Waals surface area contributed by atoms with Gasteiger partial charge in [0.25, 0.3) is 5.91 Å². The molecular formula is C22H24F5N3O5. The summed E-state index contributed by atoms with van der Waals surface area (Å²) < 4.78 is 79.0. The van der Waals surface area contributed by atoms with Gasteiger partial charge in [-0.3, -0.25) is 14.2 Å². The van der Waals surface area contributed by atoms with E-state index in [1.807, 2.05) is 0 Å². The Labute approximate surface area is 197 Å². The van der Waals surface area contributed by atoms with Crippen molar-refractivity contribution in [1.29, 1.82) is 0 Å². The predicted octanol–water partition coefficient (Wildman–Crippen LogP) is 3.56. The number of rotatable bonds is 7. The van der Waals surface area contributed by atoms with Gasteiger partial charge in [-0.05, 0) is 31.7 Å². The molecule has 1 amide bonds. The second-order valence-electron chi connectivity index (χ2n) is 8.47. The Balaban J connectivity index is 1.23. The van der Waals surface area contributed by atoms with Gasteiger partial charge in [0.05, 0.1) is 31.1 Å². The predicted molar refractivity (Wildman–Crippen MR) is 110 cm³/mol. The number of hydrogen-bond donors (Lipinski definition) is 2. The van der Waals surface area contributed by atoms with Crippen LogP contribution in [0, 0.1) is 11.6 Å². The first-order valence-corrected chi connectivity index (χ1v) is 11.1. The van der Waals surface area contributed by atoms with Gasteiger partial charge in [-0.15, -0.1) is 13.2 Å². The van der Waals surface area contributed by atoms with Gasteiger partial charge < -0.3 is 19.9 Å². The SMILES string of the molecule is O=C(NC1CCC(n2cc(OCCOC(F)(F)F)cn2)CC1)[C@H]1C[C@@H](O)c2cc(F)c(F)cc2O1. The van der Waals surface area contributed by atoms with E-state index in [1.165, 1.54) is 6.20 Å². The van der Waals surface area contributed by atoms with Crippen molar-refractivity contribution >= 4 is 5.91 Å². The molecule has 192 valence electrons. The van der Waals surface area contributed by atoms with Crippen LogP contribution in [0.5, 0.6) is 11.5 Å². The quantitative estimate of drug-likeness (QED) is 0.442. The molecule has 0 radical (unpaired) electrons. The molecule has 8 nitrogen and oxygen atoms in total. The zero-order chi connectivity index (χ0) is 25.2. The van der Waals surface area contributed by atoms with E-state index in [4.69, 9.17) is 9.47 Å². The summed E-state index contributed by atoms with van der Waals surface area (Å²) >= 11 is 0. The summed E-state index contributed by atoms with van der Waals surface area (Å²) in [5, 5.41) is 17.3. The molecule has 0 spiro atoms. The minimum atomic E-state index is -4.70. The van der Waals surface area contributed by atoms with E-state index in [9.17, 15) is 31.9 Å². The van der Waals surface area contributed by atoms with Crippen LogP contribution in [0.1, 0.15) is 49.8 Å². The monoisotopic (exact) mass is 505 g/mol. The molecule has 0 unspecified atom stereocenters. The molecule has 2 aromatic rings. The molecule has 2 heterocycles. The Morgan fingerprint density at radius 1 is 1.17 bits per heavy atom. The van der Waals surface area contributed by atoms with Gasteiger partial charge in [-0.1, -0.05) is 0 Å². The molecule has 35 heavy (non-hydrogen) atoms. The molecule has 2 aliphatic rings. The van der Waals surface area contributed by atoms with Crippen LogP contribution in [0.2, 0.25) is 0 Å². The number of fused-ring (bicyclic) bond motifs is 1. The lowest BCUT2D eigenvalue weighted by atomic mass is 9.90. The fraction of sp³-hybridized carbons (Fsp3) is 0.545. The lowest BCUT2D eigenvalue weighted by molar-refractivity contribution is -0.325. The van der Waals surface area contributed by atoms with Crippen molar-refractivity contribution < 1.29 is 46.1 Å². The maximum atomic E-state index is 13.5. The zero-order valence-electron chi connectivity index (χ0n) is 18.4. The molecule has 1 aromatic heterocycles. The maximum absolute atomic E-state index is 13.5. The normalized spacial score (nSPS) is 24.4. The van der Waals surface area contributed by atoms with E-state index in [-0.39, 0.29) is 36.4 Å². The van der Waals surface area contributed by atoms with Gasteiger partial charge >= 0.3 is 6.36 Å². The van der Waals surface area contributed by atoms with Crippen LogP contribution in [-0.4, -0.2) is 52.5 Å². The standard InChI is InChI=1S/C22H24F5N3O5/c23-16-7-15-18(31)9-20(35-19(15)8-17(16)24)21(32)29-12-1-3-13(4-2-12)30-11-14(10-28-30)33-5-6-34-22(25,26)27/h7-8,10-13,18,20,31H,1-6,9H2,(H,29,32)/t12?,13?,18-,20-/m1/s1. The van der Waals surface area contributed by atoms with Gasteiger partial charge in [-0.2, -0.15) is 5.10 Å². The highest BCUT2D eigenvalue weighted by Gasteiger charge is 2.34. The molecule has 4 rings (SSSR count). The van der Waals surface area contributed by atoms with Gasteiger partial charge in [0.2, 0.25) is 0 Å². The first-order chi connectivity index (χ1) is 16.6. The number of amides is 1. The Bertz CT molecular complexity index is 1040. The first-order valence-electron chi connectivity index (χ1n) is 11.1. The van der Waals surface area contributed by atoms with E-state index in [1.54, 1.807) is 10.9 Å².